The van der Waals surface area contributed by atoms with Gasteiger partial charge in [-0.15, -0.1) is 0 Å². The van der Waals surface area contributed by atoms with Gasteiger partial charge in [-0.1, -0.05) is 24.3 Å². The Bertz CT molecular complexity index is 685. The molecule has 2 N–H and O–H groups in total. The molecule has 5 nitrogen and oxygen atoms in total. The summed E-state index contributed by atoms with van der Waals surface area (Å²) in [6.07, 6.45) is 2.76. The van der Waals surface area contributed by atoms with E-state index in [1.165, 1.54) is 0 Å². The van der Waals surface area contributed by atoms with Crippen molar-refractivity contribution in [3.05, 3.63) is 53.9 Å². The second-order valence-electron chi connectivity index (χ2n) is 5.96. The number of carbonyl (C=O) groups is 1. The second kappa shape index (κ2) is 6.89. The fourth-order valence-corrected chi connectivity index (χ4v) is 3.03. The summed E-state index contributed by atoms with van der Waals surface area (Å²) in [6, 6.07) is 10.8. The topological polar surface area (TPSA) is 73.7 Å². The zero-order chi connectivity index (χ0) is 16.2. The number of benzene rings is 1. The van der Waals surface area contributed by atoms with Crippen molar-refractivity contribution in [1.29, 1.82) is 0 Å². The standard InChI is InChI=1S/C18H20N2O3/c21-12-13-7-8-20(10-13)11-15-6-5-14(9-19-15)16-3-1-2-4-17(16)18(22)23/h1-6,9,13,21H,7-8,10-12H2,(H,22,23). The Kier molecular flexibility index (Phi) is 4.69. The van der Waals surface area contributed by atoms with Gasteiger partial charge in [-0.2, -0.15) is 0 Å². The van der Waals surface area contributed by atoms with Gasteiger partial charge in [-0.3, -0.25) is 9.88 Å². The second-order valence-corrected chi connectivity index (χ2v) is 5.96. The van der Waals surface area contributed by atoms with Gasteiger partial charge >= 0.3 is 5.97 Å². The first kappa shape index (κ1) is 15.6. The van der Waals surface area contributed by atoms with Crippen LogP contribution in [0.1, 0.15) is 22.5 Å². The minimum atomic E-state index is -0.934. The third-order valence-electron chi connectivity index (χ3n) is 4.31. The zero-order valence-corrected chi connectivity index (χ0v) is 12.9. The lowest BCUT2D eigenvalue weighted by atomic mass is 10.0. The number of aromatic nitrogens is 1. The third-order valence-corrected chi connectivity index (χ3v) is 4.31. The zero-order valence-electron chi connectivity index (χ0n) is 12.9. The Morgan fingerprint density at radius 2 is 2.09 bits per heavy atom. The molecule has 23 heavy (non-hydrogen) atoms. The van der Waals surface area contributed by atoms with Gasteiger partial charge in [0.15, 0.2) is 0 Å². The van der Waals surface area contributed by atoms with Gasteiger partial charge in [0.2, 0.25) is 0 Å². The molecule has 1 aromatic carbocycles. The van der Waals surface area contributed by atoms with Gasteiger partial charge < -0.3 is 10.2 Å². The molecule has 0 aliphatic carbocycles. The van der Waals surface area contributed by atoms with E-state index in [4.69, 9.17) is 0 Å². The summed E-state index contributed by atoms with van der Waals surface area (Å²) < 4.78 is 0. The number of aromatic carboxylic acids is 1. The molecule has 2 aromatic rings. The number of nitrogens with zero attached hydrogens (tertiary/aromatic N) is 2. The van der Waals surface area contributed by atoms with E-state index in [1.807, 2.05) is 18.2 Å². The molecule has 0 saturated carbocycles. The summed E-state index contributed by atoms with van der Waals surface area (Å²) in [5.41, 5.74) is 2.73. The first-order valence-corrected chi connectivity index (χ1v) is 7.78. The molecular formula is C18H20N2O3. The van der Waals surface area contributed by atoms with Gasteiger partial charge in [0.05, 0.1) is 11.3 Å². The molecule has 1 aliphatic rings. The van der Waals surface area contributed by atoms with Crippen molar-refractivity contribution in [3.63, 3.8) is 0 Å². The van der Waals surface area contributed by atoms with Gasteiger partial charge in [0.25, 0.3) is 0 Å². The largest absolute Gasteiger partial charge is 0.478 e. The highest BCUT2D eigenvalue weighted by atomic mass is 16.4. The monoisotopic (exact) mass is 312 g/mol. The average molecular weight is 312 g/mol. The first-order chi connectivity index (χ1) is 11.2. The minimum absolute atomic E-state index is 0.245. The van der Waals surface area contributed by atoms with Crippen LogP contribution < -0.4 is 0 Å². The van der Waals surface area contributed by atoms with E-state index >= 15 is 0 Å². The van der Waals surface area contributed by atoms with Crippen molar-refractivity contribution < 1.29 is 15.0 Å². The highest BCUT2D eigenvalue weighted by Crippen LogP contribution is 2.24. The predicted octanol–water partition coefficient (Wildman–Crippen LogP) is 2.26. The summed E-state index contributed by atoms with van der Waals surface area (Å²) in [5, 5.41) is 18.5. The molecule has 1 unspecified atom stereocenters. The van der Waals surface area contributed by atoms with Crippen LogP contribution in [0.4, 0.5) is 0 Å². The Labute approximate surface area is 135 Å². The number of hydrogen-bond acceptors (Lipinski definition) is 4. The molecule has 1 saturated heterocycles. The van der Waals surface area contributed by atoms with Crippen molar-refractivity contribution in [1.82, 2.24) is 9.88 Å². The molecule has 0 radical (unpaired) electrons. The number of carboxylic acid groups (broad SMARTS) is 1. The maximum absolute atomic E-state index is 11.3. The minimum Gasteiger partial charge on any atom is -0.478 e. The van der Waals surface area contributed by atoms with Crippen molar-refractivity contribution in [2.45, 2.75) is 13.0 Å². The number of pyridine rings is 1. The summed E-state index contributed by atoms with van der Waals surface area (Å²) in [6.45, 7) is 2.89. The molecule has 0 amide bonds. The van der Waals surface area contributed by atoms with Gasteiger partial charge in [0.1, 0.15) is 0 Å². The van der Waals surface area contributed by atoms with Crippen LogP contribution in [-0.4, -0.2) is 45.8 Å². The summed E-state index contributed by atoms with van der Waals surface area (Å²) in [7, 11) is 0. The van der Waals surface area contributed by atoms with Crippen molar-refractivity contribution in [3.8, 4) is 11.1 Å². The highest BCUT2D eigenvalue weighted by molar-refractivity contribution is 5.95. The molecule has 1 atom stereocenters. The van der Waals surface area contributed by atoms with Crippen LogP contribution in [0.15, 0.2) is 42.6 Å². The van der Waals surface area contributed by atoms with Gasteiger partial charge in [-0.05, 0) is 36.6 Å². The van der Waals surface area contributed by atoms with Crippen LogP contribution in [0.3, 0.4) is 0 Å². The van der Waals surface area contributed by atoms with Crippen LogP contribution in [0.25, 0.3) is 11.1 Å². The maximum atomic E-state index is 11.3. The molecule has 1 fully saturated rings. The number of hydrogen-bond donors (Lipinski definition) is 2. The molecule has 3 rings (SSSR count). The lowest BCUT2D eigenvalue weighted by molar-refractivity contribution is 0.0697. The van der Waals surface area contributed by atoms with E-state index < -0.39 is 5.97 Å². The summed E-state index contributed by atoms with van der Waals surface area (Å²) >= 11 is 0. The van der Waals surface area contributed by atoms with Crippen molar-refractivity contribution in [2.75, 3.05) is 19.7 Å². The lowest BCUT2D eigenvalue weighted by Crippen LogP contribution is -2.21. The smallest absolute Gasteiger partial charge is 0.336 e. The Morgan fingerprint density at radius 1 is 1.26 bits per heavy atom. The van der Waals surface area contributed by atoms with Crippen LogP contribution in [0, 0.1) is 5.92 Å². The number of rotatable bonds is 5. The first-order valence-electron chi connectivity index (χ1n) is 7.78. The number of likely N-dealkylation sites (tertiary alicyclic amines) is 1. The van der Waals surface area contributed by atoms with Crippen LogP contribution in [0.2, 0.25) is 0 Å². The molecule has 1 aromatic heterocycles. The third kappa shape index (κ3) is 3.57. The molecule has 2 heterocycles. The van der Waals surface area contributed by atoms with Crippen molar-refractivity contribution >= 4 is 5.97 Å². The van der Waals surface area contributed by atoms with Crippen LogP contribution in [0.5, 0.6) is 0 Å². The summed E-state index contributed by atoms with van der Waals surface area (Å²) in [4.78, 5) is 18.1. The van der Waals surface area contributed by atoms with Gasteiger partial charge in [0, 0.05) is 31.5 Å². The van der Waals surface area contributed by atoms with E-state index in [2.05, 4.69) is 9.88 Å². The normalized spacial score (nSPS) is 18.2. The highest BCUT2D eigenvalue weighted by Gasteiger charge is 2.21. The Morgan fingerprint density at radius 3 is 2.74 bits per heavy atom. The van der Waals surface area contributed by atoms with Crippen LogP contribution in [-0.2, 0) is 6.54 Å². The fraction of sp³-hybridized carbons (Fsp3) is 0.333. The Hall–Kier alpha value is -2.24. The van der Waals surface area contributed by atoms with Crippen LogP contribution >= 0.6 is 0 Å². The van der Waals surface area contributed by atoms with E-state index in [9.17, 15) is 15.0 Å². The molecule has 0 spiro atoms. The molecule has 5 heteroatoms. The molecule has 120 valence electrons. The molecular weight excluding hydrogens is 292 g/mol. The quantitative estimate of drug-likeness (QED) is 0.886. The number of aliphatic hydroxyl groups is 1. The fourth-order valence-electron chi connectivity index (χ4n) is 3.03. The molecule has 1 aliphatic heterocycles. The summed E-state index contributed by atoms with van der Waals surface area (Å²) in [5.74, 6) is -0.562. The van der Waals surface area contributed by atoms with Crippen molar-refractivity contribution in [2.24, 2.45) is 5.92 Å². The maximum Gasteiger partial charge on any atom is 0.336 e. The van der Waals surface area contributed by atoms with E-state index in [0.29, 0.717) is 11.5 Å². The Balaban J connectivity index is 1.74. The average Bonchev–Trinajstić information content (AvgIpc) is 3.03. The lowest BCUT2D eigenvalue weighted by Gasteiger charge is -2.15. The van der Waals surface area contributed by atoms with E-state index in [1.54, 1.807) is 24.4 Å². The number of carboxylic acids is 1. The van der Waals surface area contributed by atoms with E-state index in [0.717, 1.165) is 37.3 Å². The molecule has 0 bridgehead atoms. The SMILES string of the molecule is O=C(O)c1ccccc1-c1ccc(CN2CCC(CO)C2)nc1. The van der Waals surface area contributed by atoms with E-state index in [-0.39, 0.29) is 12.2 Å². The van der Waals surface area contributed by atoms with Gasteiger partial charge in [-0.25, -0.2) is 4.79 Å². The predicted molar refractivity (Wildman–Crippen MR) is 87.1 cm³/mol. The number of aliphatic hydroxyl groups excluding tert-OH is 1.